The van der Waals surface area contributed by atoms with Gasteiger partial charge >= 0.3 is 5.97 Å². The molecular formula is C15H18N4O2. The normalized spacial score (nSPS) is 10.2. The van der Waals surface area contributed by atoms with Crippen LogP contribution < -0.4 is 16.0 Å². The van der Waals surface area contributed by atoms with E-state index in [1.165, 1.54) is 12.3 Å². The Bertz CT molecular complexity index is 683. The van der Waals surface area contributed by atoms with E-state index in [4.69, 9.17) is 10.8 Å². The van der Waals surface area contributed by atoms with Crippen molar-refractivity contribution in [2.24, 2.45) is 0 Å². The van der Waals surface area contributed by atoms with Crippen molar-refractivity contribution in [3.8, 4) is 0 Å². The average Bonchev–Trinajstić information content (AvgIpc) is 2.42. The van der Waals surface area contributed by atoms with Crippen LogP contribution in [0.25, 0.3) is 0 Å². The minimum absolute atomic E-state index is 0.0657. The van der Waals surface area contributed by atoms with Crippen LogP contribution in [-0.2, 0) is 0 Å². The lowest BCUT2D eigenvalue weighted by molar-refractivity contribution is 0.0696. The van der Waals surface area contributed by atoms with Gasteiger partial charge in [0, 0.05) is 31.7 Å². The molecule has 2 rings (SSSR count). The maximum atomic E-state index is 10.9. The number of anilines is 4. The van der Waals surface area contributed by atoms with Crippen LogP contribution in [0.2, 0.25) is 0 Å². The average molecular weight is 286 g/mol. The molecule has 0 fully saturated rings. The topological polar surface area (TPSA) is 91.5 Å². The predicted molar refractivity (Wildman–Crippen MR) is 84.4 cm³/mol. The SMILES string of the molecule is Cc1ccc(Nc2ncc(C(=O)O)cc2N)cc1N(C)C. The van der Waals surface area contributed by atoms with Gasteiger partial charge < -0.3 is 21.1 Å². The number of nitrogen functional groups attached to an aromatic ring is 1. The molecule has 0 bridgehead atoms. The van der Waals surface area contributed by atoms with Gasteiger partial charge in [-0.2, -0.15) is 0 Å². The Labute approximate surface area is 123 Å². The van der Waals surface area contributed by atoms with Gasteiger partial charge in [0.05, 0.1) is 11.3 Å². The summed E-state index contributed by atoms with van der Waals surface area (Å²) in [6.07, 6.45) is 1.28. The van der Waals surface area contributed by atoms with Gasteiger partial charge in [-0.3, -0.25) is 0 Å². The van der Waals surface area contributed by atoms with Crippen LogP contribution in [0.1, 0.15) is 15.9 Å². The number of aromatic nitrogens is 1. The van der Waals surface area contributed by atoms with E-state index < -0.39 is 5.97 Å². The largest absolute Gasteiger partial charge is 0.478 e. The van der Waals surface area contributed by atoms with Crippen molar-refractivity contribution in [2.45, 2.75) is 6.92 Å². The van der Waals surface area contributed by atoms with Gasteiger partial charge in [-0.1, -0.05) is 6.07 Å². The summed E-state index contributed by atoms with van der Waals surface area (Å²) in [5.41, 5.74) is 9.28. The Morgan fingerprint density at radius 1 is 1.33 bits per heavy atom. The summed E-state index contributed by atoms with van der Waals surface area (Å²) >= 11 is 0. The number of aryl methyl sites for hydroxylation is 1. The van der Waals surface area contributed by atoms with Gasteiger partial charge in [-0.05, 0) is 30.7 Å². The molecule has 0 amide bonds. The Kier molecular flexibility index (Phi) is 3.98. The highest BCUT2D eigenvalue weighted by atomic mass is 16.4. The summed E-state index contributed by atoms with van der Waals surface area (Å²) < 4.78 is 0. The number of hydrogen-bond donors (Lipinski definition) is 3. The molecule has 0 aliphatic heterocycles. The maximum absolute atomic E-state index is 10.9. The molecule has 0 radical (unpaired) electrons. The molecular weight excluding hydrogens is 268 g/mol. The van der Waals surface area contributed by atoms with Crippen molar-refractivity contribution in [3.63, 3.8) is 0 Å². The zero-order valence-corrected chi connectivity index (χ0v) is 12.2. The van der Waals surface area contributed by atoms with Crippen LogP contribution in [-0.4, -0.2) is 30.2 Å². The monoisotopic (exact) mass is 286 g/mol. The fourth-order valence-corrected chi connectivity index (χ4v) is 2.01. The minimum Gasteiger partial charge on any atom is -0.478 e. The molecule has 1 heterocycles. The van der Waals surface area contributed by atoms with Crippen LogP contribution in [0.3, 0.4) is 0 Å². The second-order valence-electron chi connectivity index (χ2n) is 4.99. The first-order chi connectivity index (χ1) is 9.88. The summed E-state index contributed by atoms with van der Waals surface area (Å²) in [5.74, 6) is -0.612. The lowest BCUT2D eigenvalue weighted by Gasteiger charge is -2.17. The van der Waals surface area contributed by atoms with E-state index in [0.717, 1.165) is 16.9 Å². The molecule has 6 heteroatoms. The molecule has 110 valence electrons. The van der Waals surface area contributed by atoms with Crippen molar-refractivity contribution < 1.29 is 9.90 Å². The molecule has 0 saturated heterocycles. The number of nitrogens with one attached hydrogen (secondary N) is 1. The molecule has 0 atom stereocenters. The summed E-state index contributed by atoms with van der Waals surface area (Å²) in [5, 5.41) is 12.0. The first kappa shape index (κ1) is 14.6. The zero-order valence-electron chi connectivity index (χ0n) is 12.2. The molecule has 0 aliphatic carbocycles. The van der Waals surface area contributed by atoms with Gasteiger partial charge in [-0.15, -0.1) is 0 Å². The lowest BCUT2D eigenvalue weighted by Crippen LogP contribution is -2.10. The summed E-state index contributed by atoms with van der Waals surface area (Å²) in [4.78, 5) is 16.9. The maximum Gasteiger partial charge on any atom is 0.337 e. The van der Waals surface area contributed by atoms with Crippen molar-refractivity contribution >= 4 is 28.8 Å². The van der Waals surface area contributed by atoms with Crippen LogP contribution in [0.15, 0.2) is 30.5 Å². The molecule has 0 saturated carbocycles. The van der Waals surface area contributed by atoms with E-state index in [-0.39, 0.29) is 5.56 Å². The fraction of sp³-hybridized carbons (Fsp3) is 0.200. The standard InChI is InChI=1S/C15H18N4O2/c1-9-4-5-11(7-13(9)19(2)3)18-14-12(16)6-10(8-17-14)15(20)21/h4-8H,16H2,1-3H3,(H,17,18)(H,20,21). The van der Waals surface area contributed by atoms with E-state index in [1.54, 1.807) is 0 Å². The highest BCUT2D eigenvalue weighted by molar-refractivity contribution is 5.89. The van der Waals surface area contributed by atoms with E-state index in [9.17, 15) is 4.79 Å². The molecule has 2 aromatic rings. The quantitative estimate of drug-likeness (QED) is 0.799. The number of carboxylic acids is 1. The predicted octanol–water partition coefficient (Wildman–Crippen LogP) is 2.48. The van der Waals surface area contributed by atoms with Crippen LogP contribution in [0.4, 0.5) is 22.9 Å². The fourth-order valence-electron chi connectivity index (χ4n) is 2.01. The highest BCUT2D eigenvalue weighted by Crippen LogP contribution is 2.26. The van der Waals surface area contributed by atoms with Gasteiger partial charge in [0.2, 0.25) is 0 Å². The molecule has 6 nitrogen and oxygen atoms in total. The molecule has 21 heavy (non-hydrogen) atoms. The van der Waals surface area contributed by atoms with Crippen molar-refractivity contribution in [3.05, 3.63) is 41.6 Å². The number of nitrogens with zero attached hydrogens (tertiary/aromatic N) is 2. The number of rotatable bonds is 4. The summed E-state index contributed by atoms with van der Waals surface area (Å²) in [7, 11) is 3.95. The molecule has 0 spiro atoms. The van der Waals surface area contributed by atoms with Gasteiger partial charge in [-0.25, -0.2) is 9.78 Å². The van der Waals surface area contributed by atoms with Gasteiger partial charge in [0.15, 0.2) is 5.82 Å². The molecule has 1 aromatic heterocycles. The smallest absolute Gasteiger partial charge is 0.337 e. The Morgan fingerprint density at radius 2 is 2.05 bits per heavy atom. The minimum atomic E-state index is -1.05. The first-order valence-corrected chi connectivity index (χ1v) is 6.42. The number of pyridine rings is 1. The Hall–Kier alpha value is -2.76. The van der Waals surface area contributed by atoms with E-state index in [0.29, 0.717) is 11.5 Å². The second-order valence-corrected chi connectivity index (χ2v) is 4.99. The lowest BCUT2D eigenvalue weighted by atomic mass is 10.1. The Balaban J connectivity index is 2.30. The molecule has 0 aliphatic rings. The Morgan fingerprint density at radius 3 is 2.62 bits per heavy atom. The third kappa shape index (κ3) is 3.22. The van der Waals surface area contributed by atoms with Crippen LogP contribution >= 0.6 is 0 Å². The zero-order chi connectivity index (χ0) is 15.6. The first-order valence-electron chi connectivity index (χ1n) is 6.42. The van der Waals surface area contributed by atoms with E-state index in [1.807, 2.05) is 44.1 Å². The molecule has 4 N–H and O–H groups in total. The summed E-state index contributed by atoms with van der Waals surface area (Å²) in [6.45, 7) is 2.04. The second kappa shape index (κ2) is 5.70. The van der Waals surface area contributed by atoms with Gasteiger partial charge in [0.1, 0.15) is 0 Å². The number of aromatic carboxylic acids is 1. The van der Waals surface area contributed by atoms with Crippen LogP contribution in [0.5, 0.6) is 0 Å². The number of benzene rings is 1. The van der Waals surface area contributed by atoms with Crippen LogP contribution in [0, 0.1) is 6.92 Å². The van der Waals surface area contributed by atoms with Crippen molar-refractivity contribution in [2.75, 3.05) is 30.0 Å². The highest BCUT2D eigenvalue weighted by Gasteiger charge is 2.09. The number of hydrogen-bond acceptors (Lipinski definition) is 5. The number of nitrogens with two attached hydrogens (primary N) is 1. The number of carboxylic acid groups (broad SMARTS) is 1. The van der Waals surface area contributed by atoms with Gasteiger partial charge in [0.25, 0.3) is 0 Å². The molecule has 1 aromatic carbocycles. The third-order valence-corrected chi connectivity index (χ3v) is 3.12. The van der Waals surface area contributed by atoms with Crippen molar-refractivity contribution in [1.82, 2.24) is 4.98 Å². The number of carbonyl (C=O) groups is 1. The van der Waals surface area contributed by atoms with E-state index >= 15 is 0 Å². The third-order valence-electron chi connectivity index (χ3n) is 3.12. The van der Waals surface area contributed by atoms with Crippen molar-refractivity contribution in [1.29, 1.82) is 0 Å². The molecule has 0 unspecified atom stereocenters. The summed E-state index contributed by atoms with van der Waals surface area (Å²) in [6, 6.07) is 7.30. The van der Waals surface area contributed by atoms with E-state index in [2.05, 4.69) is 10.3 Å².